The van der Waals surface area contributed by atoms with Gasteiger partial charge in [0.15, 0.2) is 0 Å². The second kappa shape index (κ2) is 8.87. The van der Waals surface area contributed by atoms with Crippen molar-refractivity contribution in [1.82, 2.24) is 0 Å². The largest absolute Gasteiger partial charge is 0.380 e. The summed E-state index contributed by atoms with van der Waals surface area (Å²) in [6, 6.07) is 15.9. The van der Waals surface area contributed by atoms with Crippen LogP contribution in [0.3, 0.4) is 0 Å². The van der Waals surface area contributed by atoms with Crippen LogP contribution >= 0.6 is 0 Å². The molecule has 1 atom stereocenters. The van der Waals surface area contributed by atoms with Crippen molar-refractivity contribution in [3.63, 3.8) is 0 Å². The zero-order valence-corrected chi connectivity index (χ0v) is 14.8. The maximum atomic E-state index is 11.0. The van der Waals surface area contributed by atoms with Crippen LogP contribution < -0.4 is 0 Å². The third-order valence-electron chi connectivity index (χ3n) is 3.55. The van der Waals surface area contributed by atoms with Crippen LogP contribution in [0.5, 0.6) is 0 Å². The number of carbonyl (C=O) groups excluding carboxylic acids is 1. The summed E-state index contributed by atoms with van der Waals surface area (Å²) in [5.74, 6) is -2.22. The van der Waals surface area contributed by atoms with Gasteiger partial charge < -0.3 is 19.3 Å². The van der Waals surface area contributed by atoms with Gasteiger partial charge in [-0.25, -0.2) is 0 Å². The van der Waals surface area contributed by atoms with Crippen molar-refractivity contribution in [2.45, 2.75) is 39.1 Å². The van der Waals surface area contributed by atoms with Crippen molar-refractivity contribution in [3.8, 4) is 11.1 Å². The van der Waals surface area contributed by atoms with Gasteiger partial charge in [-0.05, 0) is 36.1 Å². The summed E-state index contributed by atoms with van der Waals surface area (Å²) in [7, 11) is 1.67. The minimum absolute atomic E-state index is 0.0645. The number of rotatable bonds is 9. The number of ether oxygens (including phenoxy) is 3. The fourth-order valence-electron chi connectivity index (χ4n) is 2.37. The van der Waals surface area contributed by atoms with Crippen molar-refractivity contribution in [1.29, 1.82) is 0 Å². The first-order valence-corrected chi connectivity index (χ1v) is 8.13. The molecule has 2 aromatic rings. The topological polar surface area (TPSA) is 65.0 Å². The van der Waals surface area contributed by atoms with Gasteiger partial charge in [0, 0.05) is 7.11 Å². The third kappa shape index (κ3) is 5.76. The van der Waals surface area contributed by atoms with Gasteiger partial charge in [0.2, 0.25) is 6.29 Å². The second-order valence-corrected chi connectivity index (χ2v) is 6.03. The molecule has 1 unspecified atom stereocenters. The Bertz CT molecular complexity index is 663. The number of methoxy groups -OCH3 is 1. The molecule has 0 heterocycles. The van der Waals surface area contributed by atoms with E-state index >= 15 is 0 Å². The van der Waals surface area contributed by atoms with E-state index in [0.717, 1.165) is 22.3 Å². The number of benzene rings is 2. The van der Waals surface area contributed by atoms with E-state index < -0.39 is 5.97 Å². The third-order valence-corrected chi connectivity index (χ3v) is 3.55. The lowest BCUT2D eigenvalue weighted by Crippen LogP contribution is -2.39. The van der Waals surface area contributed by atoms with E-state index in [0.29, 0.717) is 6.61 Å². The molecule has 1 N–H and O–H groups in total. The molecule has 0 aromatic heterocycles. The van der Waals surface area contributed by atoms with E-state index in [1.807, 2.05) is 48.5 Å². The van der Waals surface area contributed by atoms with E-state index in [1.165, 1.54) is 0 Å². The van der Waals surface area contributed by atoms with Gasteiger partial charge in [0.25, 0.3) is 0 Å². The van der Waals surface area contributed by atoms with E-state index in [2.05, 4.69) is 0 Å². The van der Waals surface area contributed by atoms with Gasteiger partial charge >= 0.3 is 5.97 Å². The van der Waals surface area contributed by atoms with Gasteiger partial charge in [-0.15, -0.1) is 0 Å². The summed E-state index contributed by atoms with van der Waals surface area (Å²) in [4.78, 5) is 11.0. The number of aliphatic hydroxyl groups is 1. The molecule has 0 aliphatic carbocycles. The van der Waals surface area contributed by atoms with Crippen molar-refractivity contribution in [3.05, 3.63) is 59.7 Å². The lowest BCUT2D eigenvalue weighted by atomic mass is 10.0. The molecule has 0 aliphatic heterocycles. The van der Waals surface area contributed by atoms with Crippen LogP contribution in [0.2, 0.25) is 0 Å². The SMILES string of the molecule is COCc1ccc(-c2ccc(COC(O)(C=O)OC(C)C)cc2)cc1. The van der Waals surface area contributed by atoms with Crippen LogP contribution in [-0.4, -0.2) is 30.6 Å². The molecular weight excluding hydrogens is 320 g/mol. The van der Waals surface area contributed by atoms with Crippen molar-refractivity contribution in [2.24, 2.45) is 0 Å². The smallest absolute Gasteiger partial charge is 0.341 e. The van der Waals surface area contributed by atoms with E-state index in [9.17, 15) is 9.90 Å². The zero-order valence-electron chi connectivity index (χ0n) is 14.8. The molecule has 0 amide bonds. The molecule has 5 nitrogen and oxygen atoms in total. The van der Waals surface area contributed by atoms with Gasteiger partial charge in [0.1, 0.15) is 0 Å². The Labute approximate surface area is 148 Å². The molecule has 0 saturated heterocycles. The molecule has 2 rings (SSSR count). The fourth-order valence-corrected chi connectivity index (χ4v) is 2.37. The molecule has 5 heteroatoms. The first kappa shape index (κ1) is 19.3. The van der Waals surface area contributed by atoms with Crippen LogP contribution in [0.25, 0.3) is 11.1 Å². The normalized spacial score (nSPS) is 13.6. The highest BCUT2D eigenvalue weighted by Gasteiger charge is 2.30. The van der Waals surface area contributed by atoms with Gasteiger partial charge in [-0.2, -0.15) is 0 Å². The van der Waals surface area contributed by atoms with Crippen LogP contribution in [0, 0.1) is 0 Å². The van der Waals surface area contributed by atoms with Crippen molar-refractivity contribution >= 4 is 6.29 Å². The minimum atomic E-state index is -2.22. The predicted octanol–water partition coefficient (Wildman–Crippen LogP) is 3.29. The minimum Gasteiger partial charge on any atom is -0.380 e. The molecule has 25 heavy (non-hydrogen) atoms. The maximum absolute atomic E-state index is 11.0. The van der Waals surface area contributed by atoms with Gasteiger partial charge in [0.05, 0.1) is 19.3 Å². The highest BCUT2D eigenvalue weighted by Crippen LogP contribution is 2.21. The Kier molecular flexibility index (Phi) is 6.84. The molecule has 0 bridgehead atoms. The highest BCUT2D eigenvalue weighted by atomic mass is 16.8. The van der Waals surface area contributed by atoms with Gasteiger partial charge in [-0.3, -0.25) is 4.79 Å². The Morgan fingerprint density at radius 2 is 1.44 bits per heavy atom. The van der Waals surface area contributed by atoms with Crippen LogP contribution in [0.1, 0.15) is 25.0 Å². The molecule has 134 valence electrons. The monoisotopic (exact) mass is 344 g/mol. The summed E-state index contributed by atoms with van der Waals surface area (Å²) >= 11 is 0. The predicted molar refractivity (Wildman–Crippen MR) is 94.6 cm³/mol. The first-order valence-electron chi connectivity index (χ1n) is 8.13. The van der Waals surface area contributed by atoms with Gasteiger partial charge in [-0.1, -0.05) is 48.5 Å². The van der Waals surface area contributed by atoms with Crippen LogP contribution in [0.4, 0.5) is 0 Å². The molecule has 0 radical (unpaired) electrons. The summed E-state index contributed by atoms with van der Waals surface area (Å²) < 4.78 is 15.4. The lowest BCUT2D eigenvalue weighted by Gasteiger charge is -2.24. The number of hydrogen-bond acceptors (Lipinski definition) is 5. The molecule has 2 aromatic carbocycles. The number of aldehydes is 1. The summed E-state index contributed by atoms with van der Waals surface area (Å²) in [5.41, 5.74) is 4.11. The first-order chi connectivity index (χ1) is 12.0. The Hall–Kier alpha value is -2.05. The lowest BCUT2D eigenvalue weighted by molar-refractivity contribution is -0.342. The molecule has 0 saturated carbocycles. The van der Waals surface area contributed by atoms with E-state index in [-0.39, 0.29) is 19.0 Å². The van der Waals surface area contributed by atoms with E-state index in [1.54, 1.807) is 21.0 Å². The second-order valence-electron chi connectivity index (χ2n) is 6.03. The zero-order chi connectivity index (χ0) is 18.3. The van der Waals surface area contributed by atoms with Crippen molar-refractivity contribution in [2.75, 3.05) is 7.11 Å². The Morgan fingerprint density at radius 3 is 1.84 bits per heavy atom. The summed E-state index contributed by atoms with van der Waals surface area (Å²) in [6.45, 7) is 4.08. The Balaban J connectivity index is 2.00. The fraction of sp³-hybridized carbons (Fsp3) is 0.350. The standard InChI is InChI=1S/C20H24O5/c1-15(2)25-20(22,14-21)24-13-17-6-10-19(11-7-17)18-8-4-16(5-9-18)12-23-3/h4-11,14-15,22H,12-13H2,1-3H3. The summed E-state index contributed by atoms with van der Waals surface area (Å²) in [6.07, 6.45) is -0.0817. The quantitative estimate of drug-likeness (QED) is 0.559. The number of carbonyl (C=O) groups is 1. The van der Waals surface area contributed by atoms with Crippen LogP contribution in [-0.2, 0) is 32.2 Å². The highest BCUT2D eigenvalue weighted by molar-refractivity contribution is 5.64. The molecule has 0 spiro atoms. The summed E-state index contributed by atoms with van der Waals surface area (Å²) in [5, 5.41) is 9.93. The average Bonchev–Trinajstić information content (AvgIpc) is 2.61. The average molecular weight is 344 g/mol. The number of hydrogen-bond donors (Lipinski definition) is 1. The molecular formula is C20H24O5. The molecule has 0 aliphatic rings. The van der Waals surface area contributed by atoms with Crippen LogP contribution in [0.15, 0.2) is 48.5 Å². The van der Waals surface area contributed by atoms with E-state index in [4.69, 9.17) is 14.2 Å². The van der Waals surface area contributed by atoms with Crippen molar-refractivity contribution < 1.29 is 24.1 Å². The molecule has 0 fully saturated rings. The Morgan fingerprint density at radius 1 is 0.960 bits per heavy atom. The maximum Gasteiger partial charge on any atom is 0.341 e.